The smallest absolute Gasteiger partial charge is 0.270 e. The van der Waals surface area contributed by atoms with Crippen LogP contribution in [0.25, 0.3) is 0 Å². The molecule has 1 heterocycles. The topological polar surface area (TPSA) is 54.0 Å². The van der Waals surface area contributed by atoms with Crippen LogP contribution in [-0.4, -0.2) is 16.9 Å². The van der Waals surface area contributed by atoms with Gasteiger partial charge in [0.15, 0.2) is 0 Å². The molecule has 3 rings (SSSR count). The molecule has 4 nitrogen and oxygen atoms in total. The van der Waals surface area contributed by atoms with E-state index in [-0.39, 0.29) is 11.9 Å². The predicted molar refractivity (Wildman–Crippen MR) is 97.4 cm³/mol. The first-order chi connectivity index (χ1) is 11.7. The quantitative estimate of drug-likeness (QED) is 0.845. The van der Waals surface area contributed by atoms with Crippen LogP contribution in [0.5, 0.6) is 0 Å². The average molecular weight is 344 g/mol. The molecule has 1 saturated carbocycles. The van der Waals surface area contributed by atoms with Gasteiger partial charge in [-0.3, -0.25) is 9.78 Å². The monoisotopic (exact) mass is 343 g/mol. The summed E-state index contributed by atoms with van der Waals surface area (Å²) in [4.78, 5) is 16.6. The molecule has 0 unspecified atom stereocenters. The second-order valence-corrected chi connectivity index (χ2v) is 6.59. The van der Waals surface area contributed by atoms with Crippen LogP contribution in [-0.2, 0) is 6.54 Å². The van der Waals surface area contributed by atoms with Crippen molar-refractivity contribution in [1.29, 1.82) is 0 Å². The van der Waals surface area contributed by atoms with Gasteiger partial charge in [0.2, 0.25) is 0 Å². The minimum absolute atomic E-state index is 0.0942. The van der Waals surface area contributed by atoms with Crippen LogP contribution >= 0.6 is 11.6 Å². The van der Waals surface area contributed by atoms with E-state index in [4.69, 9.17) is 11.6 Å². The number of rotatable bonds is 5. The lowest BCUT2D eigenvalue weighted by Gasteiger charge is -2.22. The molecule has 126 valence electrons. The van der Waals surface area contributed by atoms with Crippen molar-refractivity contribution in [2.75, 3.05) is 5.32 Å². The summed E-state index contributed by atoms with van der Waals surface area (Å²) in [5.41, 5.74) is 2.33. The number of carbonyl (C=O) groups is 1. The van der Waals surface area contributed by atoms with Gasteiger partial charge in [0.05, 0.1) is 0 Å². The van der Waals surface area contributed by atoms with E-state index < -0.39 is 0 Å². The number of pyridine rings is 1. The zero-order chi connectivity index (χ0) is 16.8. The van der Waals surface area contributed by atoms with Gasteiger partial charge in [-0.2, -0.15) is 0 Å². The van der Waals surface area contributed by atoms with Crippen molar-refractivity contribution in [3.05, 3.63) is 58.9 Å². The van der Waals surface area contributed by atoms with E-state index in [2.05, 4.69) is 15.6 Å². The van der Waals surface area contributed by atoms with Crippen molar-refractivity contribution >= 4 is 23.2 Å². The van der Waals surface area contributed by atoms with Gasteiger partial charge < -0.3 is 10.6 Å². The number of carbonyl (C=O) groups excluding carboxylic acids is 1. The molecule has 1 aromatic carbocycles. The lowest BCUT2D eigenvalue weighted by Crippen LogP contribution is -2.36. The summed E-state index contributed by atoms with van der Waals surface area (Å²) in [7, 11) is 0. The van der Waals surface area contributed by atoms with Crippen LogP contribution < -0.4 is 10.6 Å². The van der Waals surface area contributed by atoms with E-state index >= 15 is 0 Å². The van der Waals surface area contributed by atoms with E-state index in [1.807, 2.05) is 30.3 Å². The van der Waals surface area contributed by atoms with Crippen molar-refractivity contribution < 1.29 is 4.79 Å². The summed E-state index contributed by atoms with van der Waals surface area (Å²) in [6, 6.07) is 11.6. The molecule has 1 aliphatic carbocycles. The van der Waals surface area contributed by atoms with Crippen LogP contribution in [0.15, 0.2) is 42.6 Å². The first-order valence-electron chi connectivity index (χ1n) is 8.46. The van der Waals surface area contributed by atoms with E-state index in [0.29, 0.717) is 12.2 Å². The Bertz CT molecular complexity index is 699. The Morgan fingerprint density at radius 2 is 1.96 bits per heavy atom. The van der Waals surface area contributed by atoms with Gasteiger partial charge in [-0.05, 0) is 36.6 Å². The van der Waals surface area contributed by atoms with Crippen LogP contribution in [0.1, 0.15) is 48.2 Å². The van der Waals surface area contributed by atoms with Gasteiger partial charge in [-0.15, -0.1) is 0 Å². The highest BCUT2D eigenvalue weighted by Gasteiger charge is 2.17. The molecule has 2 N–H and O–H groups in total. The summed E-state index contributed by atoms with van der Waals surface area (Å²) >= 11 is 6.16. The standard InChI is InChI=1S/C19H22ClN3O/c20-17-9-5-4-6-14(17)13-22-16-10-11-21-18(12-16)19(24)23-15-7-2-1-3-8-15/h4-6,9-12,15H,1-3,7-8,13H2,(H,21,22)(H,23,24). The molecule has 0 aliphatic heterocycles. The number of hydrogen-bond donors (Lipinski definition) is 2. The zero-order valence-corrected chi connectivity index (χ0v) is 14.4. The van der Waals surface area contributed by atoms with Crippen molar-refractivity contribution in [3.8, 4) is 0 Å². The van der Waals surface area contributed by atoms with Crippen LogP contribution in [0.2, 0.25) is 5.02 Å². The van der Waals surface area contributed by atoms with Gasteiger partial charge in [-0.1, -0.05) is 49.1 Å². The number of halogens is 1. The number of anilines is 1. The summed E-state index contributed by atoms with van der Waals surface area (Å²) < 4.78 is 0. The molecule has 1 aromatic heterocycles. The third kappa shape index (κ3) is 4.48. The Morgan fingerprint density at radius 3 is 2.75 bits per heavy atom. The molecule has 5 heteroatoms. The lowest BCUT2D eigenvalue weighted by atomic mass is 9.95. The number of aromatic nitrogens is 1. The summed E-state index contributed by atoms with van der Waals surface area (Å²) in [5.74, 6) is -0.0942. The highest BCUT2D eigenvalue weighted by Crippen LogP contribution is 2.19. The molecule has 1 fully saturated rings. The summed E-state index contributed by atoms with van der Waals surface area (Å²) in [6.45, 7) is 0.605. The largest absolute Gasteiger partial charge is 0.381 e. The molecule has 1 amide bonds. The van der Waals surface area contributed by atoms with Crippen LogP contribution in [0, 0.1) is 0 Å². The molecule has 0 atom stereocenters. The first kappa shape index (κ1) is 16.8. The second kappa shape index (κ2) is 8.15. The molecular weight excluding hydrogens is 322 g/mol. The lowest BCUT2D eigenvalue weighted by molar-refractivity contribution is 0.0922. The maximum Gasteiger partial charge on any atom is 0.270 e. The van der Waals surface area contributed by atoms with E-state index in [0.717, 1.165) is 29.1 Å². The fraction of sp³-hybridized carbons (Fsp3) is 0.368. The number of hydrogen-bond acceptors (Lipinski definition) is 3. The molecule has 24 heavy (non-hydrogen) atoms. The number of benzene rings is 1. The van der Waals surface area contributed by atoms with Crippen molar-refractivity contribution in [3.63, 3.8) is 0 Å². The maximum atomic E-state index is 12.4. The SMILES string of the molecule is O=C(NC1CCCCC1)c1cc(NCc2ccccc2Cl)ccn1. The van der Waals surface area contributed by atoms with Crippen molar-refractivity contribution in [2.24, 2.45) is 0 Å². The molecule has 0 spiro atoms. The Labute approximate surface area is 147 Å². The number of nitrogens with zero attached hydrogens (tertiary/aromatic N) is 1. The third-order valence-corrected chi connectivity index (χ3v) is 4.74. The predicted octanol–water partition coefficient (Wildman–Crippen LogP) is 4.41. The van der Waals surface area contributed by atoms with Crippen molar-refractivity contribution in [2.45, 2.75) is 44.7 Å². The fourth-order valence-electron chi connectivity index (χ4n) is 3.01. The zero-order valence-electron chi connectivity index (χ0n) is 13.6. The second-order valence-electron chi connectivity index (χ2n) is 6.18. The van der Waals surface area contributed by atoms with Gasteiger partial charge in [0, 0.05) is 29.5 Å². The molecule has 0 saturated heterocycles. The van der Waals surface area contributed by atoms with E-state index in [1.165, 1.54) is 19.3 Å². The van der Waals surface area contributed by atoms with Crippen LogP contribution in [0.3, 0.4) is 0 Å². The first-order valence-corrected chi connectivity index (χ1v) is 8.84. The molecule has 1 aliphatic rings. The van der Waals surface area contributed by atoms with Crippen LogP contribution in [0.4, 0.5) is 5.69 Å². The van der Waals surface area contributed by atoms with E-state index in [9.17, 15) is 4.79 Å². The van der Waals surface area contributed by atoms with Gasteiger partial charge in [0.25, 0.3) is 5.91 Å². The summed E-state index contributed by atoms with van der Waals surface area (Å²) in [6.07, 6.45) is 7.44. The average Bonchev–Trinajstić information content (AvgIpc) is 2.62. The minimum atomic E-state index is -0.0942. The Hall–Kier alpha value is -2.07. The number of amides is 1. The van der Waals surface area contributed by atoms with Gasteiger partial charge >= 0.3 is 0 Å². The highest BCUT2D eigenvalue weighted by molar-refractivity contribution is 6.31. The third-order valence-electron chi connectivity index (χ3n) is 4.37. The van der Waals surface area contributed by atoms with Gasteiger partial charge in [0.1, 0.15) is 5.69 Å². The Morgan fingerprint density at radius 1 is 1.17 bits per heavy atom. The molecule has 2 aromatic rings. The van der Waals surface area contributed by atoms with Crippen molar-refractivity contribution in [1.82, 2.24) is 10.3 Å². The highest BCUT2D eigenvalue weighted by atomic mass is 35.5. The Kier molecular flexibility index (Phi) is 5.70. The Balaban J connectivity index is 1.61. The number of nitrogens with one attached hydrogen (secondary N) is 2. The normalized spacial score (nSPS) is 15.0. The molecule has 0 bridgehead atoms. The van der Waals surface area contributed by atoms with E-state index in [1.54, 1.807) is 12.3 Å². The summed E-state index contributed by atoms with van der Waals surface area (Å²) in [5, 5.41) is 7.12. The molecule has 0 radical (unpaired) electrons. The van der Waals surface area contributed by atoms with Gasteiger partial charge in [-0.25, -0.2) is 0 Å². The fourth-order valence-corrected chi connectivity index (χ4v) is 3.21. The maximum absolute atomic E-state index is 12.4. The molecular formula is C19H22ClN3O. The minimum Gasteiger partial charge on any atom is -0.381 e.